The number of hydrogen-bond acceptors (Lipinski definition) is 6. The van der Waals surface area contributed by atoms with Gasteiger partial charge in [-0.25, -0.2) is 4.98 Å². The summed E-state index contributed by atoms with van der Waals surface area (Å²) in [5.41, 5.74) is 2.48. The predicted octanol–water partition coefficient (Wildman–Crippen LogP) is 5.80. The average Bonchev–Trinajstić information content (AvgIpc) is 2.66. The Kier molecular flexibility index (Phi) is 4.53. The third-order valence-electron chi connectivity index (χ3n) is 4.00. The van der Waals surface area contributed by atoms with Crippen molar-refractivity contribution in [2.24, 2.45) is 10.2 Å². The molecule has 0 aliphatic heterocycles. The lowest BCUT2D eigenvalue weighted by molar-refractivity contribution is 0.928. The number of nitrogens with zero attached hydrogens (tertiary/aromatic N) is 5. The SMILES string of the molecule is Cc1nc(C)nc(Nc2ccc(N=Nc3ccc4ccccc4c3)cc2)n1. The summed E-state index contributed by atoms with van der Waals surface area (Å²) in [6.45, 7) is 3.69. The maximum atomic E-state index is 4.34. The van der Waals surface area contributed by atoms with Gasteiger partial charge in [-0.2, -0.15) is 20.2 Å². The Bertz CT molecular complexity index is 1100. The Morgan fingerprint density at radius 2 is 1.30 bits per heavy atom. The maximum Gasteiger partial charge on any atom is 0.230 e. The minimum absolute atomic E-state index is 0.533. The van der Waals surface area contributed by atoms with E-state index in [9.17, 15) is 0 Å². The van der Waals surface area contributed by atoms with E-state index >= 15 is 0 Å². The molecule has 1 heterocycles. The van der Waals surface area contributed by atoms with Crippen molar-refractivity contribution >= 4 is 33.8 Å². The monoisotopic (exact) mass is 354 g/mol. The van der Waals surface area contributed by atoms with Crippen LogP contribution < -0.4 is 5.32 Å². The minimum atomic E-state index is 0.533. The van der Waals surface area contributed by atoms with Crippen LogP contribution in [0.1, 0.15) is 11.6 Å². The lowest BCUT2D eigenvalue weighted by Crippen LogP contribution is -2.02. The topological polar surface area (TPSA) is 75.4 Å². The van der Waals surface area contributed by atoms with Gasteiger partial charge < -0.3 is 5.32 Å². The molecular formula is C21H18N6. The van der Waals surface area contributed by atoms with Crippen LogP contribution in [0.2, 0.25) is 0 Å². The van der Waals surface area contributed by atoms with Gasteiger partial charge in [0.15, 0.2) is 0 Å². The van der Waals surface area contributed by atoms with Gasteiger partial charge in [0.05, 0.1) is 11.4 Å². The zero-order chi connectivity index (χ0) is 18.6. The third kappa shape index (κ3) is 4.12. The van der Waals surface area contributed by atoms with Crippen LogP contribution in [0.3, 0.4) is 0 Å². The Morgan fingerprint density at radius 3 is 2.04 bits per heavy atom. The van der Waals surface area contributed by atoms with E-state index in [-0.39, 0.29) is 0 Å². The largest absolute Gasteiger partial charge is 0.324 e. The Labute approximate surface area is 157 Å². The van der Waals surface area contributed by atoms with Gasteiger partial charge in [-0.3, -0.25) is 0 Å². The highest BCUT2D eigenvalue weighted by Crippen LogP contribution is 2.24. The van der Waals surface area contributed by atoms with Gasteiger partial charge in [0.2, 0.25) is 5.95 Å². The molecule has 132 valence electrons. The lowest BCUT2D eigenvalue weighted by atomic mass is 10.1. The van der Waals surface area contributed by atoms with E-state index in [4.69, 9.17) is 0 Å². The molecule has 6 heteroatoms. The van der Waals surface area contributed by atoms with Crippen molar-refractivity contribution in [3.05, 3.63) is 78.4 Å². The Balaban J connectivity index is 1.48. The van der Waals surface area contributed by atoms with Gasteiger partial charge in [-0.05, 0) is 61.0 Å². The van der Waals surface area contributed by atoms with Crippen LogP contribution in [-0.4, -0.2) is 15.0 Å². The lowest BCUT2D eigenvalue weighted by Gasteiger charge is -2.06. The molecule has 0 amide bonds. The number of fused-ring (bicyclic) bond motifs is 1. The predicted molar refractivity (Wildman–Crippen MR) is 107 cm³/mol. The van der Waals surface area contributed by atoms with E-state index in [0.29, 0.717) is 17.6 Å². The molecule has 0 saturated heterocycles. The molecule has 4 rings (SSSR count). The van der Waals surface area contributed by atoms with Gasteiger partial charge in [-0.15, -0.1) is 0 Å². The second kappa shape index (κ2) is 7.29. The second-order valence-corrected chi connectivity index (χ2v) is 6.16. The summed E-state index contributed by atoms with van der Waals surface area (Å²) in [4.78, 5) is 12.7. The van der Waals surface area contributed by atoms with Crippen molar-refractivity contribution < 1.29 is 0 Å². The summed E-state index contributed by atoms with van der Waals surface area (Å²) in [5, 5.41) is 14.2. The van der Waals surface area contributed by atoms with Crippen molar-refractivity contribution in [3.63, 3.8) is 0 Å². The minimum Gasteiger partial charge on any atom is -0.324 e. The number of azo groups is 1. The van der Waals surface area contributed by atoms with Crippen LogP contribution in [0.5, 0.6) is 0 Å². The molecule has 0 aliphatic carbocycles. The molecule has 27 heavy (non-hydrogen) atoms. The maximum absolute atomic E-state index is 4.34. The summed E-state index contributed by atoms with van der Waals surface area (Å²) in [5.74, 6) is 1.90. The van der Waals surface area contributed by atoms with Crippen LogP contribution in [0.15, 0.2) is 77.0 Å². The highest BCUT2D eigenvalue weighted by Gasteiger charge is 2.01. The number of rotatable bonds is 4. The van der Waals surface area contributed by atoms with Gasteiger partial charge in [0.25, 0.3) is 0 Å². The molecule has 0 fully saturated rings. The number of anilines is 2. The third-order valence-corrected chi connectivity index (χ3v) is 4.00. The van der Waals surface area contributed by atoms with Crippen molar-refractivity contribution in [1.82, 2.24) is 15.0 Å². The molecule has 4 aromatic rings. The van der Waals surface area contributed by atoms with E-state index < -0.39 is 0 Å². The highest BCUT2D eigenvalue weighted by molar-refractivity contribution is 5.85. The molecule has 3 aromatic carbocycles. The van der Waals surface area contributed by atoms with Gasteiger partial charge >= 0.3 is 0 Å². The van der Waals surface area contributed by atoms with Crippen LogP contribution in [-0.2, 0) is 0 Å². The summed E-state index contributed by atoms with van der Waals surface area (Å²) < 4.78 is 0. The van der Waals surface area contributed by atoms with Gasteiger partial charge in [0, 0.05) is 5.69 Å². The molecule has 0 saturated carbocycles. The molecule has 0 atom stereocenters. The zero-order valence-corrected chi connectivity index (χ0v) is 15.1. The van der Waals surface area contributed by atoms with E-state index in [1.165, 1.54) is 5.39 Å². The normalized spacial score (nSPS) is 11.2. The number of hydrogen-bond donors (Lipinski definition) is 1. The molecule has 0 spiro atoms. The summed E-state index contributed by atoms with van der Waals surface area (Å²) in [6.07, 6.45) is 0. The highest BCUT2D eigenvalue weighted by atomic mass is 15.2. The molecule has 0 radical (unpaired) electrons. The first-order valence-electron chi connectivity index (χ1n) is 8.63. The number of benzene rings is 3. The molecule has 0 aliphatic rings. The molecule has 6 nitrogen and oxygen atoms in total. The Morgan fingerprint density at radius 1 is 0.667 bits per heavy atom. The molecule has 0 bridgehead atoms. The van der Waals surface area contributed by atoms with Crippen LogP contribution in [0, 0.1) is 13.8 Å². The standard InChI is InChI=1S/C21H18N6/c1-14-22-15(2)24-21(23-14)25-18-9-11-19(12-10-18)26-27-20-8-7-16-5-3-4-6-17(16)13-20/h3-13H,1-2H3,(H,22,23,24,25). The molecular weight excluding hydrogens is 336 g/mol. The Hall–Kier alpha value is -3.67. The van der Waals surface area contributed by atoms with Crippen LogP contribution in [0.25, 0.3) is 10.8 Å². The second-order valence-electron chi connectivity index (χ2n) is 6.16. The van der Waals surface area contributed by atoms with Crippen LogP contribution >= 0.6 is 0 Å². The smallest absolute Gasteiger partial charge is 0.230 e. The quantitative estimate of drug-likeness (QED) is 0.470. The first kappa shape index (κ1) is 16.8. The first-order valence-corrected chi connectivity index (χ1v) is 8.63. The fourth-order valence-electron chi connectivity index (χ4n) is 2.77. The average molecular weight is 354 g/mol. The first-order chi connectivity index (χ1) is 13.2. The van der Waals surface area contributed by atoms with Gasteiger partial charge in [-0.1, -0.05) is 30.3 Å². The van der Waals surface area contributed by atoms with Crippen molar-refractivity contribution in [3.8, 4) is 0 Å². The number of aryl methyl sites for hydroxylation is 2. The van der Waals surface area contributed by atoms with E-state index in [1.54, 1.807) is 0 Å². The van der Waals surface area contributed by atoms with Crippen molar-refractivity contribution in [1.29, 1.82) is 0 Å². The number of nitrogens with one attached hydrogen (secondary N) is 1. The number of aromatic nitrogens is 3. The van der Waals surface area contributed by atoms with E-state index in [0.717, 1.165) is 22.4 Å². The van der Waals surface area contributed by atoms with E-state index in [2.05, 4.69) is 48.7 Å². The van der Waals surface area contributed by atoms with Crippen molar-refractivity contribution in [2.45, 2.75) is 13.8 Å². The fraction of sp³-hybridized carbons (Fsp3) is 0.0952. The summed E-state index contributed by atoms with van der Waals surface area (Å²) >= 11 is 0. The van der Waals surface area contributed by atoms with Crippen LogP contribution in [0.4, 0.5) is 23.0 Å². The molecule has 1 aromatic heterocycles. The fourth-order valence-corrected chi connectivity index (χ4v) is 2.77. The van der Waals surface area contributed by atoms with Gasteiger partial charge in [0.1, 0.15) is 11.6 Å². The van der Waals surface area contributed by atoms with E-state index in [1.807, 2.05) is 62.4 Å². The molecule has 1 N–H and O–H groups in total. The summed E-state index contributed by atoms with van der Waals surface area (Å²) in [7, 11) is 0. The summed E-state index contributed by atoms with van der Waals surface area (Å²) in [6, 6.07) is 21.9. The zero-order valence-electron chi connectivity index (χ0n) is 15.1. The molecule has 0 unspecified atom stereocenters. The van der Waals surface area contributed by atoms with Crippen molar-refractivity contribution in [2.75, 3.05) is 5.32 Å².